The van der Waals surface area contributed by atoms with Crippen LogP contribution in [-0.2, 0) is 10.2 Å². The third kappa shape index (κ3) is 3.05. The Morgan fingerprint density at radius 2 is 2.00 bits per heavy atom. The van der Waals surface area contributed by atoms with Crippen molar-refractivity contribution >= 4 is 16.1 Å². The Kier molecular flexibility index (Phi) is 3.93. The highest BCUT2D eigenvalue weighted by molar-refractivity contribution is 7.87. The summed E-state index contributed by atoms with van der Waals surface area (Å²) in [6.45, 7) is 0.936. The Morgan fingerprint density at radius 1 is 1.28 bits per heavy atom. The summed E-state index contributed by atoms with van der Waals surface area (Å²) in [5.41, 5.74) is 0.234. The molecule has 0 unspecified atom stereocenters. The zero-order valence-corrected chi connectivity index (χ0v) is 10.7. The van der Waals surface area contributed by atoms with Crippen LogP contribution in [0.3, 0.4) is 0 Å². The smallest absolute Gasteiger partial charge is 0.268 e. The number of piperidine rings is 1. The van der Waals surface area contributed by atoms with Gasteiger partial charge in [-0.3, -0.25) is 9.78 Å². The Bertz CT molecular complexity index is 510. The summed E-state index contributed by atoms with van der Waals surface area (Å²) >= 11 is 0. The first kappa shape index (κ1) is 13.0. The molecule has 6 nitrogen and oxygen atoms in total. The van der Waals surface area contributed by atoms with Crippen molar-refractivity contribution in [2.24, 2.45) is 0 Å². The van der Waals surface area contributed by atoms with Crippen LogP contribution in [0.4, 0.5) is 0 Å². The molecule has 0 aliphatic carbocycles. The van der Waals surface area contributed by atoms with E-state index >= 15 is 0 Å². The molecule has 0 aromatic carbocycles. The molecule has 0 atom stereocenters. The maximum absolute atomic E-state index is 11.9. The maximum Gasteiger partial charge on any atom is 0.304 e. The van der Waals surface area contributed by atoms with Crippen molar-refractivity contribution in [2.45, 2.75) is 19.3 Å². The standard InChI is InChI=1S/C11H15N3O3S/c15-11(10-5-4-6-12-9-10)13-18(16,17)14-7-2-1-3-8-14/h4-6,9H,1-3,7-8H2,(H,13,15). The first-order valence-corrected chi connectivity index (χ1v) is 7.26. The van der Waals surface area contributed by atoms with Crippen molar-refractivity contribution in [1.29, 1.82) is 0 Å². The maximum atomic E-state index is 11.9. The van der Waals surface area contributed by atoms with Crippen molar-refractivity contribution in [2.75, 3.05) is 13.1 Å². The molecule has 2 rings (SSSR count). The third-order valence-corrected chi connectivity index (χ3v) is 4.29. The highest BCUT2D eigenvalue weighted by atomic mass is 32.2. The minimum atomic E-state index is -3.72. The van der Waals surface area contributed by atoms with E-state index in [1.165, 1.54) is 22.8 Å². The predicted octanol–water partition coefficient (Wildman–Crippen LogP) is 0.542. The van der Waals surface area contributed by atoms with Gasteiger partial charge in [0.2, 0.25) is 0 Å². The molecule has 98 valence electrons. The summed E-state index contributed by atoms with van der Waals surface area (Å²) in [6, 6.07) is 3.11. The monoisotopic (exact) mass is 269 g/mol. The van der Waals surface area contributed by atoms with E-state index in [1.54, 1.807) is 6.07 Å². The van der Waals surface area contributed by atoms with E-state index < -0.39 is 16.1 Å². The van der Waals surface area contributed by atoms with Crippen molar-refractivity contribution in [3.8, 4) is 0 Å². The molecule has 0 spiro atoms. The Hall–Kier alpha value is -1.47. The molecule has 1 aromatic rings. The van der Waals surface area contributed by atoms with Crippen LogP contribution in [0, 0.1) is 0 Å². The van der Waals surface area contributed by atoms with Crippen molar-refractivity contribution < 1.29 is 13.2 Å². The molecule has 0 radical (unpaired) electrons. The molecular weight excluding hydrogens is 254 g/mol. The van der Waals surface area contributed by atoms with Gasteiger partial charge in [-0.25, -0.2) is 4.72 Å². The normalized spacial score (nSPS) is 17.3. The molecule has 1 aromatic heterocycles. The first-order valence-electron chi connectivity index (χ1n) is 5.82. The highest BCUT2D eigenvalue weighted by Gasteiger charge is 2.25. The van der Waals surface area contributed by atoms with Crippen molar-refractivity contribution in [3.63, 3.8) is 0 Å². The molecule has 1 saturated heterocycles. The van der Waals surface area contributed by atoms with Gasteiger partial charge >= 0.3 is 10.2 Å². The van der Waals surface area contributed by atoms with Gasteiger partial charge in [0.1, 0.15) is 0 Å². The number of hydrogen-bond acceptors (Lipinski definition) is 4. The van der Waals surface area contributed by atoms with Crippen LogP contribution in [0.5, 0.6) is 0 Å². The van der Waals surface area contributed by atoms with Gasteiger partial charge in [0.15, 0.2) is 0 Å². The molecule has 1 aliphatic heterocycles. The van der Waals surface area contributed by atoms with E-state index in [0.29, 0.717) is 13.1 Å². The number of carbonyl (C=O) groups excluding carboxylic acids is 1. The summed E-state index contributed by atoms with van der Waals surface area (Å²) in [4.78, 5) is 15.5. The van der Waals surface area contributed by atoms with Crippen molar-refractivity contribution in [3.05, 3.63) is 30.1 Å². The molecule has 0 saturated carbocycles. The second kappa shape index (κ2) is 5.45. The summed E-state index contributed by atoms with van der Waals surface area (Å²) in [6.07, 6.45) is 5.56. The fraction of sp³-hybridized carbons (Fsp3) is 0.455. The topological polar surface area (TPSA) is 79.4 Å². The van der Waals surface area contributed by atoms with Gasteiger partial charge in [-0.2, -0.15) is 12.7 Å². The lowest BCUT2D eigenvalue weighted by Crippen LogP contribution is -2.45. The number of rotatable bonds is 3. The molecular formula is C11H15N3O3S. The van der Waals surface area contributed by atoms with E-state index in [2.05, 4.69) is 9.71 Å². The zero-order chi connectivity index (χ0) is 13.0. The largest absolute Gasteiger partial charge is 0.304 e. The molecule has 1 fully saturated rings. The fourth-order valence-corrected chi connectivity index (χ4v) is 3.06. The van der Waals surface area contributed by atoms with Gasteiger partial charge in [0, 0.05) is 25.5 Å². The Morgan fingerprint density at radius 3 is 2.61 bits per heavy atom. The number of nitrogens with one attached hydrogen (secondary N) is 1. The van der Waals surface area contributed by atoms with E-state index in [9.17, 15) is 13.2 Å². The van der Waals surface area contributed by atoms with Crippen LogP contribution in [0.25, 0.3) is 0 Å². The number of pyridine rings is 1. The van der Waals surface area contributed by atoms with Gasteiger partial charge in [0.25, 0.3) is 5.91 Å². The number of amides is 1. The Labute approximate surface area is 106 Å². The second-order valence-corrected chi connectivity index (χ2v) is 5.81. The van der Waals surface area contributed by atoms with Gasteiger partial charge in [-0.1, -0.05) is 6.42 Å². The van der Waals surface area contributed by atoms with E-state index in [-0.39, 0.29) is 5.56 Å². The minimum absolute atomic E-state index is 0.234. The summed E-state index contributed by atoms with van der Waals surface area (Å²) in [7, 11) is -3.72. The molecule has 7 heteroatoms. The van der Waals surface area contributed by atoms with Gasteiger partial charge in [-0.15, -0.1) is 0 Å². The van der Waals surface area contributed by atoms with Gasteiger partial charge in [0.05, 0.1) is 5.56 Å². The van der Waals surface area contributed by atoms with Crippen LogP contribution >= 0.6 is 0 Å². The number of carbonyl (C=O) groups is 1. The average molecular weight is 269 g/mol. The lowest BCUT2D eigenvalue weighted by molar-refractivity contribution is 0.0978. The Balaban J connectivity index is 2.06. The molecule has 1 aliphatic rings. The van der Waals surface area contributed by atoms with Crippen LogP contribution in [0.2, 0.25) is 0 Å². The van der Waals surface area contributed by atoms with Crippen molar-refractivity contribution in [1.82, 2.24) is 14.0 Å². The minimum Gasteiger partial charge on any atom is -0.268 e. The number of aromatic nitrogens is 1. The first-order chi connectivity index (χ1) is 8.59. The second-order valence-electron chi connectivity index (χ2n) is 4.14. The fourth-order valence-electron chi connectivity index (χ4n) is 1.84. The summed E-state index contributed by atoms with van der Waals surface area (Å²) in [5.74, 6) is -0.645. The van der Waals surface area contributed by atoms with Gasteiger partial charge < -0.3 is 0 Å². The van der Waals surface area contributed by atoms with E-state index in [4.69, 9.17) is 0 Å². The number of hydrogen-bond donors (Lipinski definition) is 1. The van der Waals surface area contributed by atoms with Crippen LogP contribution < -0.4 is 4.72 Å². The lowest BCUT2D eigenvalue weighted by Gasteiger charge is -2.25. The molecule has 18 heavy (non-hydrogen) atoms. The lowest BCUT2D eigenvalue weighted by atomic mass is 10.2. The SMILES string of the molecule is O=C(NS(=O)(=O)N1CCCCC1)c1cccnc1. The number of nitrogens with zero attached hydrogens (tertiary/aromatic N) is 2. The summed E-state index contributed by atoms with van der Waals surface area (Å²) in [5, 5.41) is 0. The molecule has 1 N–H and O–H groups in total. The summed E-state index contributed by atoms with van der Waals surface area (Å²) < 4.78 is 27.3. The average Bonchev–Trinajstić information content (AvgIpc) is 2.40. The van der Waals surface area contributed by atoms with Crippen LogP contribution in [0.15, 0.2) is 24.5 Å². The zero-order valence-electron chi connectivity index (χ0n) is 9.87. The van der Waals surface area contributed by atoms with Gasteiger partial charge in [-0.05, 0) is 25.0 Å². The third-order valence-electron chi connectivity index (χ3n) is 2.80. The highest BCUT2D eigenvalue weighted by Crippen LogP contribution is 2.12. The molecule has 2 heterocycles. The molecule has 0 bridgehead atoms. The van der Waals surface area contributed by atoms with Crippen LogP contribution in [-0.4, -0.2) is 36.7 Å². The predicted molar refractivity (Wildman–Crippen MR) is 66.0 cm³/mol. The van der Waals surface area contributed by atoms with Crippen LogP contribution in [0.1, 0.15) is 29.6 Å². The van der Waals surface area contributed by atoms with E-state index in [1.807, 2.05) is 0 Å². The quantitative estimate of drug-likeness (QED) is 0.868. The molecule has 1 amide bonds. The van der Waals surface area contributed by atoms with E-state index in [0.717, 1.165) is 19.3 Å².